The minimum absolute atomic E-state index is 0.0535. The third-order valence-corrected chi connectivity index (χ3v) is 10.3. The fourth-order valence-corrected chi connectivity index (χ4v) is 7.03. The van der Waals surface area contributed by atoms with Crippen LogP contribution in [0.2, 0.25) is 0 Å². The quantitative estimate of drug-likeness (QED) is 0.147. The summed E-state index contributed by atoms with van der Waals surface area (Å²) in [5.41, 5.74) is -3.99. The monoisotopic (exact) mass is 720 g/mol. The zero-order valence-corrected chi connectivity index (χ0v) is 29.6. The Labute approximate surface area is 290 Å². The molecule has 5 atom stereocenters. The maximum absolute atomic E-state index is 14.2. The molecule has 0 spiro atoms. The first-order chi connectivity index (χ1) is 23.1. The molecule has 17 nitrogen and oxygen atoms in total. The van der Waals surface area contributed by atoms with Crippen LogP contribution in [0.3, 0.4) is 0 Å². The number of carbonyl (C=O) groups excluding carboxylic acids is 5. The second kappa shape index (κ2) is 13.9. The van der Waals surface area contributed by atoms with Crippen LogP contribution in [0, 0.1) is 21.4 Å². The molecule has 1 aromatic rings. The fraction of sp³-hybridized carbons (Fsp3) is 0.594. The molecule has 1 aromatic carbocycles. The van der Waals surface area contributed by atoms with Gasteiger partial charge in [0.1, 0.15) is 35.0 Å². The summed E-state index contributed by atoms with van der Waals surface area (Å²) in [5, 5.41) is 18.3. The Hall–Kier alpha value is -4.74. The molecule has 3 fully saturated rings. The molecule has 2 aliphatic carbocycles. The van der Waals surface area contributed by atoms with Crippen molar-refractivity contribution >= 4 is 51.3 Å². The number of amides is 5. The highest BCUT2D eigenvalue weighted by atomic mass is 32.2. The molecule has 2 saturated carbocycles. The highest BCUT2D eigenvalue weighted by molar-refractivity contribution is 7.91. The van der Waals surface area contributed by atoms with E-state index in [1.807, 2.05) is 0 Å². The van der Waals surface area contributed by atoms with E-state index in [9.17, 15) is 42.5 Å². The van der Waals surface area contributed by atoms with Gasteiger partial charge in [-0.2, -0.15) is 0 Å². The van der Waals surface area contributed by atoms with Crippen LogP contribution in [-0.4, -0.2) is 89.3 Å². The molecule has 50 heavy (non-hydrogen) atoms. The van der Waals surface area contributed by atoms with Crippen molar-refractivity contribution in [3.05, 3.63) is 47.0 Å². The van der Waals surface area contributed by atoms with E-state index < -0.39 is 90.8 Å². The molecule has 4 rings (SSSR count). The number of anilines is 1. The van der Waals surface area contributed by atoms with E-state index in [1.165, 1.54) is 30.3 Å². The second-order valence-corrected chi connectivity index (χ2v) is 16.8. The number of hydrogen-bond acceptors (Lipinski definition) is 11. The van der Waals surface area contributed by atoms with Gasteiger partial charge in [0.05, 0.1) is 16.7 Å². The Morgan fingerprint density at radius 2 is 1.72 bits per heavy atom. The van der Waals surface area contributed by atoms with Gasteiger partial charge in [0.2, 0.25) is 21.8 Å². The second-order valence-electron chi connectivity index (χ2n) is 14.8. The molecule has 18 heteroatoms. The average molecular weight is 721 g/mol. The molecule has 1 unspecified atom stereocenters. The first-order valence-corrected chi connectivity index (χ1v) is 17.6. The molecule has 1 aliphatic heterocycles. The van der Waals surface area contributed by atoms with Gasteiger partial charge < -0.3 is 25.0 Å². The summed E-state index contributed by atoms with van der Waals surface area (Å²) in [6.07, 6.45) is -1.07. The Morgan fingerprint density at radius 3 is 2.26 bits per heavy atom. The summed E-state index contributed by atoms with van der Waals surface area (Å²) in [6.45, 7) is 13.4. The highest BCUT2D eigenvalue weighted by Gasteiger charge is 2.62. The van der Waals surface area contributed by atoms with Crippen molar-refractivity contribution in [2.45, 2.75) is 102 Å². The topological polar surface area (TPSA) is 232 Å². The van der Waals surface area contributed by atoms with Gasteiger partial charge in [-0.3, -0.25) is 34.5 Å². The van der Waals surface area contributed by atoms with Crippen molar-refractivity contribution in [3.8, 4) is 0 Å². The number of ether oxygens (including phenoxy) is 2. The van der Waals surface area contributed by atoms with Gasteiger partial charge in [0.25, 0.3) is 11.6 Å². The standard InChI is InChI=1S/C32H44N6O11S/c1-8-18-16-32(18,27(41)36-50(46,47)20-13-14-20)35-25(39)23-15-19(48-28(42)33-21-11-9-10-12-22(21)38(44)45)17-37(23)26(40)24(30(2,3)4)34-29(43)49-31(5,6)7/h8-12,18-20,23-24H,1,13-17H2,2-7H3,(H,33,42)(H,34,43)(H,35,39)(H,36,41)/t18?,19-,23+,24-,32-/m1/s1. The molecular formula is C32H44N6O11S. The number of nitrogens with zero attached hydrogens (tertiary/aromatic N) is 2. The largest absolute Gasteiger partial charge is 0.444 e. The smallest absolute Gasteiger partial charge is 0.412 e. The molecule has 5 amide bonds. The van der Waals surface area contributed by atoms with E-state index in [2.05, 4.69) is 27.3 Å². The van der Waals surface area contributed by atoms with Gasteiger partial charge in [-0.25, -0.2) is 18.0 Å². The molecule has 1 saturated heterocycles. The zero-order chi connectivity index (χ0) is 37.4. The number of hydrogen-bond donors (Lipinski definition) is 4. The molecule has 0 radical (unpaired) electrons. The van der Waals surface area contributed by atoms with Gasteiger partial charge in [0, 0.05) is 18.4 Å². The van der Waals surface area contributed by atoms with Gasteiger partial charge in [0.15, 0.2) is 0 Å². The lowest BCUT2D eigenvalue weighted by atomic mass is 9.85. The van der Waals surface area contributed by atoms with Crippen LogP contribution in [0.25, 0.3) is 0 Å². The van der Waals surface area contributed by atoms with Crippen molar-refractivity contribution in [2.75, 3.05) is 11.9 Å². The number of nitro benzene ring substituents is 1. The highest BCUT2D eigenvalue weighted by Crippen LogP contribution is 2.45. The summed E-state index contributed by atoms with van der Waals surface area (Å²) in [4.78, 5) is 79.1. The van der Waals surface area contributed by atoms with Crippen LogP contribution in [0.15, 0.2) is 36.9 Å². The predicted octanol–water partition coefficient (Wildman–Crippen LogP) is 2.72. The van der Waals surface area contributed by atoms with Crippen LogP contribution >= 0.6 is 0 Å². The minimum Gasteiger partial charge on any atom is -0.444 e. The van der Waals surface area contributed by atoms with E-state index in [4.69, 9.17) is 9.47 Å². The van der Waals surface area contributed by atoms with Gasteiger partial charge in [-0.15, -0.1) is 6.58 Å². The molecule has 274 valence electrons. The predicted molar refractivity (Wildman–Crippen MR) is 179 cm³/mol. The SMILES string of the molecule is C=CC1C[C@]1(NC(=O)[C@@H]1C[C@@H](OC(=O)Nc2ccccc2[N+](=O)[O-])CN1C(=O)[C@@H](NC(=O)OC(C)(C)C)C(C)(C)C)C(=O)NS(=O)(=O)C1CC1. The molecule has 1 heterocycles. The molecule has 4 N–H and O–H groups in total. The number of alkyl carbamates (subject to hydrolysis) is 1. The first-order valence-electron chi connectivity index (χ1n) is 16.1. The van der Waals surface area contributed by atoms with Crippen molar-refractivity contribution < 1.29 is 46.8 Å². The van der Waals surface area contributed by atoms with Gasteiger partial charge in [-0.1, -0.05) is 39.0 Å². The third kappa shape index (κ3) is 8.88. The summed E-state index contributed by atoms with van der Waals surface area (Å²) < 4.78 is 38.1. The summed E-state index contributed by atoms with van der Waals surface area (Å²) in [6, 6.07) is 2.78. The summed E-state index contributed by atoms with van der Waals surface area (Å²) in [5.74, 6) is -3.10. The van der Waals surface area contributed by atoms with E-state index >= 15 is 0 Å². The number of rotatable bonds is 11. The van der Waals surface area contributed by atoms with Crippen molar-refractivity contribution in [1.29, 1.82) is 0 Å². The number of benzene rings is 1. The van der Waals surface area contributed by atoms with E-state index in [1.54, 1.807) is 41.5 Å². The number of nitro groups is 1. The van der Waals surface area contributed by atoms with Crippen molar-refractivity contribution in [3.63, 3.8) is 0 Å². The lowest BCUT2D eigenvalue weighted by molar-refractivity contribution is -0.383. The number of likely N-dealkylation sites (tertiary alicyclic amines) is 1. The number of sulfonamides is 1. The van der Waals surface area contributed by atoms with Crippen LogP contribution in [-0.2, 0) is 33.9 Å². The third-order valence-electron chi connectivity index (χ3n) is 8.48. The first kappa shape index (κ1) is 38.1. The Morgan fingerprint density at radius 1 is 1.08 bits per heavy atom. The maximum Gasteiger partial charge on any atom is 0.412 e. The zero-order valence-electron chi connectivity index (χ0n) is 28.8. The molecule has 0 aromatic heterocycles. The van der Waals surface area contributed by atoms with Crippen LogP contribution in [0.1, 0.15) is 67.2 Å². The molecular weight excluding hydrogens is 676 g/mol. The Kier molecular flexibility index (Phi) is 10.6. The van der Waals surface area contributed by atoms with E-state index in [0.717, 1.165) is 4.90 Å². The molecule has 3 aliphatic rings. The lowest BCUT2D eigenvalue weighted by Crippen LogP contribution is -2.60. The molecule has 0 bridgehead atoms. The fourth-order valence-electron chi connectivity index (χ4n) is 5.66. The van der Waals surface area contributed by atoms with Crippen LogP contribution in [0.4, 0.5) is 21.0 Å². The summed E-state index contributed by atoms with van der Waals surface area (Å²) in [7, 11) is -3.96. The van der Waals surface area contributed by atoms with Crippen LogP contribution < -0.4 is 20.7 Å². The Balaban J connectivity index is 1.60. The minimum atomic E-state index is -3.96. The van der Waals surface area contributed by atoms with Crippen molar-refractivity contribution in [1.82, 2.24) is 20.3 Å². The average Bonchev–Trinajstić information content (AvgIpc) is 3.91. The lowest BCUT2D eigenvalue weighted by Gasteiger charge is -2.36. The van der Waals surface area contributed by atoms with E-state index in [-0.39, 0.29) is 30.8 Å². The normalized spacial score (nSPS) is 23.9. The van der Waals surface area contributed by atoms with Gasteiger partial charge >= 0.3 is 12.2 Å². The number of para-hydroxylation sites is 2. The van der Waals surface area contributed by atoms with E-state index in [0.29, 0.717) is 12.8 Å². The Bertz CT molecular complexity index is 1680. The van der Waals surface area contributed by atoms with Crippen LogP contribution in [0.5, 0.6) is 0 Å². The number of nitrogens with one attached hydrogen (secondary N) is 4. The maximum atomic E-state index is 14.2. The number of carbonyl (C=O) groups is 5. The summed E-state index contributed by atoms with van der Waals surface area (Å²) >= 11 is 0. The van der Waals surface area contributed by atoms with Crippen molar-refractivity contribution in [2.24, 2.45) is 11.3 Å². The van der Waals surface area contributed by atoms with Gasteiger partial charge in [-0.05, 0) is 51.5 Å².